The Labute approximate surface area is 147 Å². The summed E-state index contributed by atoms with van der Waals surface area (Å²) in [6, 6.07) is 10.1. The highest BCUT2D eigenvalue weighted by Crippen LogP contribution is 2.27. The molecule has 2 atom stereocenters. The highest BCUT2D eigenvalue weighted by atomic mass is 16.5. The number of ether oxygens (including phenoxy) is 1. The fourth-order valence-electron chi connectivity index (χ4n) is 4.05. The van der Waals surface area contributed by atoms with Crippen molar-refractivity contribution < 1.29 is 14.6 Å². The highest BCUT2D eigenvalue weighted by molar-refractivity contribution is 5.82. The number of para-hydroxylation sites is 1. The van der Waals surface area contributed by atoms with E-state index < -0.39 is 6.10 Å². The SMILES string of the molecule is O=C(C1CCOCC1)N1CC(O)C(Cc2ccnc3ccccc23)C1. The first-order valence-corrected chi connectivity index (χ1v) is 9.09. The summed E-state index contributed by atoms with van der Waals surface area (Å²) in [4.78, 5) is 19.0. The molecular weight excluding hydrogens is 316 g/mol. The Morgan fingerprint density at radius 1 is 1.20 bits per heavy atom. The number of carbonyl (C=O) groups is 1. The number of likely N-dealkylation sites (tertiary alicyclic amines) is 1. The van der Waals surface area contributed by atoms with Gasteiger partial charge >= 0.3 is 0 Å². The predicted octanol–water partition coefficient (Wildman–Crippen LogP) is 2.02. The van der Waals surface area contributed by atoms with Crippen LogP contribution < -0.4 is 0 Å². The Kier molecular flexibility index (Phi) is 4.68. The van der Waals surface area contributed by atoms with Crippen LogP contribution in [0.4, 0.5) is 0 Å². The van der Waals surface area contributed by atoms with Crippen molar-refractivity contribution in [1.82, 2.24) is 9.88 Å². The summed E-state index contributed by atoms with van der Waals surface area (Å²) in [5, 5.41) is 11.6. The predicted molar refractivity (Wildman–Crippen MR) is 95.1 cm³/mol. The number of fused-ring (bicyclic) bond motifs is 1. The maximum absolute atomic E-state index is 12.7. The summed E-state index contributed by atoms with van der Waals surface area (Å²) >= 11 is 0. The van der Waals surface area contributed by atoms with Crippen molar-refractivity contribution in [2.24, 2.45) is 11.8 Å². The van der Waals surface area contributed by atoms with Gasteiger partial charge in [-0.3, -0.25) is 9.78 Å². The van der Waals surface area contributed by atoms with Gasteiger partial charge in [0.05, 0.1) is 11.6 Å². The zero-order chi connectivity index (χ0) is 17.2. The van der Waals surface area contributed by atoms with Crippen LogP contribution in [-0.4, -0.2) is 53.3 Å². The second-order valence-electron chi connectivity index (χ2n) is 7.15. The molecule has 2 aromatic rings. The molecule has 132 valence electrons. The van der Waals surface area contributed by atoms with E-state index in [9.17, 15) is 9.90 Å². The lowest BCUT2D eigenvalue weighted by Gasteiger charge is -2.26. The molecule has 2 saturated heterocycles. The third-order valence-electron chi connectivity index (χ3n) is 5.51. The zero-order valence-corrected chi connectivity index (χ0v) is 14.3. The summed E-state index contributed by atoms with van der Waals surface area (Å²) in [6.07, 6.45) is 3.72. The van der Waals surface area contributed by atoms with E-state index in [2.05, 4.69) is 11.1 Å². The molecule has 2 unspecified atom stereocenters. The standard InChI is InChI=1S/C20H24N2O3/c23-19-13-22(20(24)14-6-9-25-10-7-14)12-16(19)11-15-5-8-21-18-4-2-1-3-17(15)18/h1-5,8,14,16,19,23H,6-7,9-13H2. The topological polar surface area (TPSA) is 62.7 Å². The van der Waals surface area contributed by atoms with Gasteiger partial charge in [-0.05, 0) is 37.0 Å². The van der Waals surface area contributed by atoms with E-state index in [4.69, 9.17) is 4.74 Å². The molecular formula is C20H24N2O3. The van der Waals surface area contributed by atoms with E-state index in [0.29, 0.717) is 26.3 Å². The lowest BCUT2D eigenvalue weighted by molar-refractivity contribution is -0.137. The van der Waals surface area contributed by atoms with Gasteiger partial charge < -0.3 is 14.7 Å². The van der Waals surface area contributed by atoms with E-state index in [1.807, 2.05) is 35.4 Å². The summed E-state index contributed by atoms with van der Waals surface area (Å²) in [5.41, 5.74) is 2.16. The van der Waals surface area contributed by atoms with Gasteiger partial charge in [-0.1, -0.05) is 18.2 Å². The average Bonchev–Trinajstić information content (AvgIpc) is 3.03. The smallest absolute Gasteiger partial charge is 0.225 e. The van der Waals surface area contributed by atoms with Crippen molar-refractivity contribution in [2.45, 2.75) is 25.4 Å². The van der Waals surface area contributed by atoms with Crippen LogP contribution in [0.15, 0.2) is 36.5 Å². The van der Waals surface area contributed by atoms with E-state index in [0.717, 1.165) is 30.2 Å². The molecule has 2 aliphatic rings. The number of aliphatic hydroxyl groups excluding tert-OH is 1. The molecule has 0 spiro atoms. The quantitative estimate of drug-likeness (QED) is 0.929. The number of β-amino-alcohol motifs (C(OH)–C–C–N with tert-alkyl or cyclic N) is 1. The second kappa shape index (κ2) is 7.10. The van der Waals surface area contributed by atoms with E-state index >= 15 is 0 Å². The van der Waals surface area contributed by atoms with Gasteiger partial charge in [0, 0.05) is 49.7 Å². The maximum Gasteiger partial charge on any atom is 0.225 e. The van der Waals surface area contributed by atoms with Crippen molar-refractivity contribution in [3.05, 3.63) is 42.1 Å². The van der Waals surface area contributed by atoms with Gasteiger partial charge in [0.15, 0.2) is 0 Å². The number of hydrogen-bond acceptors (Lipinski definition) is 4. The van der Waals surface area contributed by atoms with Gasteiger partial charge in [0.1, 0.15) is 0 Å². The largest absolute Gasteiger partial charge is 0.391 e. The third kappa shape index (κ3) is 3.39. The minimum absolute atomic E-state index is 0.0569. The Bertz CT molecular complexity index is 752. The highest BCUT2D eigenvalue weighted by Gasteiger charge is 2.37. The molecule has 0 saturated carbocycles. The number of pyridine rings is 1. The molecule has 0 aliphatic carbocycles. The average molecular weight is 340 g/mol. The second-order valence-corrected chi connectivity index (χ2v) is 7.15. The Morgan fingerprint density at radius 3 is 2.84 bits per heavy atom. The molecule has 1 aromatic carbocycles. The molecule has 0 bridgehead atoms. The first-order chi connectivity index (χ1) is 12.2. The molecule has 5 heteroatoms. The molecule has 2 aliphatic heterocycles. The van der Waals surface area contributed by atoms with E-state index in [1.165, 1.54) is 5.56 Å². The molecule has 4 rings (SSSR count). The maximum atomic E-state index is 12.7. The van der Waals surface area contributed by atoms with Crippen LogP contribution in [0.2, 0.25) is 0 Å². The summed E-state index contributed by atoms with van der Waals surface area (Å²) in [5.74, 6) is 0.320. The summed E-state index contributed by atoms with van der Waals surface area (Å²) in [7, 11) is 0. The molecule has 3 heterocycles. The lowest BCUT2D eigenvalue weighted by atomic mass is 9.94. The number of benzene rings is 1. The van der Waals surface area contributed by atoms with E-state index in [1.54, 1.807) is 0 Å². The van der Waals surface area contributed by atoms with Gasteiger partial charge in [-0.15, -0.1) is 0 Å². The molecule has 25 heavy (non-hydrogen) atoms. The number of aromatic nitrogens is 1. The van der Waals surface area contributed by atoms with Gasteiger partial charge in [-0.2, -0.15) is 0 Å². The third-order valence-corrected chi connectivity index (χ3v) is 5.51. The van der Waals surface area contributed by atoms with Crippen LogP contribution in [-0.2, 0) is 16.0 Å². The number of carbonyl (C=O) groups excluding carboxylic acids is 1. The van der Waals surface area contributed by atoms with Gasteiger partial charge in [0.2, 0.25) is 5.91 Å². The molecule has 2 fully saturated rings. The van der Waals surface area contributed by atoms with Crippen molar-refractivity contribution >= 4 is 16.8 Å². The van der Waals surface area contributed by atoms with Crippen molar-refractivity contribution in [3.8, 4) is 0 Å². The Morgan fingerprint density at radius 2 is 2.00 bits per heavy atom. The van der Waals surface area contributed by atoms with E-state index in [-0.39, 0.29) is 17.7 Å². The first-order valence-electron chi connectivity index (χ1n) is 9.09. The van der Waals surface area contributed by atoms with Crippen LogP contribution in [0.1, 0.15) is 18.4 Å². The minimum atomic E-state index is -0.462. The number of amides is 1. The normalized spacial score (nSPS) is 24.8. The number of hydrogen-bond donors (Lipinski definition) is 1. The van der Waals surface area contributed by atoms with Gasteiger partial charge in [0.25, 0.3) is 0 Å². The summed E-state index contributed by atoms with van der Waals surface area (Å²) < 4.78 is 5.35. The van der Waals surface area contributed by atoms with Crippen LogP contribution in [0.25, 0.3) is 10.9 Å². The first kappa shape index (κ1) is 16.5. The monoisotopic (exact) mass is 340 g/mol. The fourth-order valence-corrected chi connectivity index (χ4v) is 4.05. The molecule has 0 radical (unpaired) electrons. The number of rotatable bonds is 3. The van der Waals surface area contributed by atoms with Crippen molar-refractivity contribution in [3.63, 3.8) is 0 Å². The Hall–Kier alpha value is -1.98. The molecule has 5 nitrogen and oxygen atoms in total. The van der Waals surface area contributed by atoms with Crippen molar-refractivity contribution in [1.29, 1.82) is 0 Å². The van der Waals surface area contributed by atoms with Gasteiger partial charge in [-0.25, -0.2) is 0 Å². The zero-order valence-electron chi connectivity index (χ0n) is 14.3. The fraction of sp³-hybridized carbons (Fsp3) is 0.500. The molecule has 1 N–H and O–H groups in total. The van der Waals surface area contributed by atoms with Crippen LogP contribution >= 0.6 is 0 Å². The van der Waals surface area contributed by atoms with Crippen LogP contribution in [0, 0.1) is 11.8 Å². The summed E-state index contributed by atoms with van der Waals surface area (Å²) in [6.45, 7) is 2.41. The van der Waals surface area contributed by atoms with Crippen molar-refractivity contribution in [2.75, 3.05) is 26.3 Å². The van der Waals surface area contributed by atoms with Crippen LogP contribution in [0.3, 0.4) is 0 Å². The molecule has 1 aromatic heterocycles. The number of nitrogens with zero attached hydrogens (tertiary/aromatic N) is 2. The van der Waals surface area contributed by atoms with Crippen LogP contribution in [0.5, 0.6) is 0 Å². The Balaban J connectivity index is 1.47. The number of aliphatic hydroxyl groups is 1. The minimum Gasteiger partial charge on any atom is -0.391 e. The molecule has 1 amide bonds. The lowest BCUT2D eigenvalue weighted by Crippen LogP contribution is -2.37.